The maximum absolute atomic E-state index is 5.30. The second kappa shape index (κ2) is 5.69. The summed E-state index contributed by atoms with van der Waals surface area (Å²) in [6, 6.07) is 16.1. The van der Waals surface area contributed by atoms with Crippen molar-refractivity contribution in [2.75, 3.05) is 7.11 Å². The first-order valence-electron chi connectivity index (χ1n) is 5.37. The molecule has 0 atom stereocenters. The van der Waals surface area contributed by atoms with Gasteiger partial charge in [0.2, 0.25) is 0 Å². The van der Waals surface area contributed by atoms with E-state index in [0.717, 1.165) is 21.3 Å². The van der Waals surface area contributed by atoms with Crippen LogP contribution in [0.5, 0.6) is 5.75 Å². The van der Waals surface area contributed by atoms with E-state index in [-0.39, 0.29) is 0 Å². The van der Waals surface area contributed by atoms with Gasteiger partial charge in [0.25, 0.3) is 0 Å². The zero-order chi connectivity index (χ0) is 12.1. The molecule has 2 aromatic rings. The van der Waals surface area contributed by atoms with Crippen LogP contribution in [0.3, 0.4) is 0 Å². The van der Waals surface area contributed by atoms with Crippen molar-refractivity contribution in [3.63, 3.8) is 0 Å². The highest BCUT2D eigenvalue weighted by atomic mass is 79.9. The van der Waals surface area contributed by atoms with Gasteiger partial charge in [-0.2, -0.15) is 0 Å². The van der Waals surface area contributed by atoms with E-state index in [4.69, 9.17) is 4.74 Å². The largest absolute Gasteiger partial charge is 0.496 e. The lowest BCUT2D eigenvalue weighted by atomic mass is 10.1. The topological polar surface area (TPSA) is 9.23 Å². The molecule has 0 saturated carbocycles. The van der Waals surface area contributed by atoms with E-state index in [1.807, 2.05) is 42.5 Å². The molecule has 0 aliphatic heterocycles. The van der Waals surface area contributed by atoms with Crippen LogP contribution in [0.4, 0.5) is 0 Å². The third-order valence-electron chi connectivity index (χ3n) is 2.49. The van der Waals surface area contributed by atoms with E-state index in [0.29, 0.717) is 0 Å². The summed E-state index contributed by atoms with van der Waals surface area (Å²) in [7, 11) is 1.69. The minimum atomic E-state index is 0.885. The Morgan fingerprint density at radius 2 is 1.47 bits per heavy atom. The fourth-order valence-electron chi connectivity index (χ4n) is 1.59. The Morgan fingerprint density at radius 3 is 2.18 bits per heavy atom. The van der Waals surface area contributed by atoms with Crippen molar-refractivity contribution in [3.8, 4) is 5.75 Å². The molecule has 0 fully saturated rings. The first-order chi connectivity index (χ1) is 8.31. The second-order valence-corrected chi connectivity index (χ2v) is 4.45. The standard InChI is InChI=1S/C15H13BrO/c1-17-15-9-5-3-7-13(15)11-10-12-6-2-4-8-14(12)16/h2-11H,1H3/b11-10+. The summed E-state index contributed by atoms with van der Waals surface area (Å²) in [6.45, 7) is 0. The Balaban J connectivity index is 2.29. The second-order valence-electron chi connectivity index (χ2n) is 3.60. The number of ether oxygens (including phenoxy) is 1. The van der Waals surface area contributed by atoms with Gasteiger partial charge in [0.15, 0.2) is 0 Å². The summed E-state index contributed by atoms with van der Waals surface area (Å²) in [6.07, 6.45) is 4.13. The number of hydrogen-bond acceptors (Lipinski definition) is 1. The smallest absolute Gasteiger partial charge is 0.126 e. The zero-order valence-corrected chi connectivity index (χ0v) is 11.1. The van der Waals surface area contributed by atoms with Crippen LogP contribution in [0, 0.1) is 0 Å². The lowest BCUT2D eigenvalue weighted by molar-refractivity contribution is 0.414. The normalized spacial score (nSPS) is 10.7. The Hall–Kier alpha value is -1.54. The van der Waals surface area contributed by atoms with Gasteiger partial charge in [-0.3, -0.25) is 0 Å². The average molecular weight is 289 g/mol. The number of rotatable bonds is 3. The molecule has 0 amide bonds. The van der Waals surface area contributed by atoms with Crippen LogP contribution in [0.25, 0.3) is 12.2 Å². The summed E-state index contributed by atoms with van der Waals surface area (Å²) in [5, 5.41) is 0. The highest BCUT2D eigenvalue weighted by Gasteiger charge is 1.97. The summed E-state index contributed by atoms with van der Waals surface area (Å²) in [4.78, 5) is 0. The molecule has 86 valence electrons. The van der Waals surface area contributed by atoms with Crippen molar-refractivity contribution in [1.29, 1.82) is 0 Å². The molecule has 0 radical (unpaired) electrons. The van der Waals surface area contributed by atoms with Gasteiger partial charge in [0, 0.05) is 10.0 Å². The maximum atomic E-state index is 5.30. The molecule has 0 aromatic heterocycles. The van der Waals surface area contributed by atoms with Gasteiger partial charge < -0.3 is 4.74 Å². The first kappa shape index (κ1) is 11.9. The first-order valence-corrected chi connectivity index (χ1v) is 6.16. The van der Waals surface area contributed by atoms with Gasteiger partial charge in [-0.1, -0.05) is 64.5 Å². The van der Waals surface area contributed by atoms with Crippen molar-refractivity contribution < 1.29 is 4.74 Å². The Bertz CT molecular complexity index is 532. The van der Waals surface area contributed by atoms with Gasteiger partial charge in [-0.25, -0.2) is 0 Å². The highest BCUT2D eigenvalue weighted by Crippen LogP contribution is 2.22. The fourth-order valence-corrected chi connectivity index (χ4v) is 2.01. The van der Waals surface area contributed by atoms with Crippen LogP contribution < -0.4 is 4.74 Å². The Morgan fingerprint density at radius 1 is 0.882 bits per heavy atom. The lowest BCUT2D eigenvalue weighted by Crippen LogP contribution is -1.85. The molecule has 0 aliphatic rings. The molecule has 0 N–H and O–H groups in total. The van der Waals surface area contributed by atoms with E-state index in [9.17, 15) is 0 Å². The Labute approximate surface area is 110 Å². The molecule has 2 heteroatoms. The molecule has 0 aliphatic carbocycles. The molecule has 0 unspecified atom stereocenters. The van der Waals surface area contributed by atoms with Crippen LogP contribution in [0.2, 0.25) is 0 Å². The number of methoxy groups -OCH3 is 1. The minimum absolute atomic E-state index is 0.885. The van der Waals surface area contributed by atoms with Crippen LogP contribution in [0.15, 0.2) is 53.0 Å². The van der Waals surface area contributed by atoms with E-state index in [2.05, 4.69) is 34.1 Å². The lowest BCUT2D eigenvalue weighted by Gasteiger charge is -2.03. The molecule has 2 rings (SSSR count). The van der Waals surface area contributed by atoms with Gasteiger partial charge in [0.1, 0.15) is 5.75 Å². The minimum Gasteiger partial charge on any atom is -0.496 e. The third kappa shape index (κ3) is 2.98. The summed E-state index contributed by atoms with van der Waals surface area (Å²) >= 11 is 3.52. The molecule has 2 aromatic carbocycles. The van der Waals surface area contributed by atoms with E-state index in [1.54, 1.807) is 7.11 Å². The maximum Gasteiger partial charge on any atom is 0.126 e. The van der Waals surface area contributed by atoms with Crippen molar-refractivity contribution >= 4 is 28.1 Å². The molecule has 0 saturated heterocycles. The number of hydrogen-bond donors (Lipinski definition) is 0. The molecule has 17 heavy (non-hydrogen) atoms. The Kier molecular flexibility index (Phi) is 3.99. The van der Waals surface area contributed by atoms with E-state index in [1.165, 1.54) is 0 Å². The SMILES string of the molecule is COc1ccccc1/C=C/c1ccccc1Br. The zero-order valence-electron chi connectivity index (χ0n) is 9.56. The van der Waals surface area contributed by atoms with Gasteiger partial charge in [-0.15, -0.1) is 0 Å². The average Bonchev–Trinajstić information content (AvgIpc) is 2.38. The van der Waals surface area contributed by atoms with Crippen LogP contribution in [-0.2, 0) is 0 Å². The molecule has 0 spiro atoms. The van der Waals surface area contributed by atoms with Gasteiger partial charge >= 0.3 is 0 Å². The molecule has 0 bridgehead atoms. The predicted octanol–water partition coefficient (Wildman–Crippen LogP) is 4.63. The summed E-state index contributed by atoms with van der Waals surface area (Å²) in [5.41, 5.74) is 2.23. The van der Waals surface area contributed by atoms with Crippen LogP contribution in [0.1, 0.15) is 11.1 Å². The molecule has 0 heterocycles. The monoisotopic (exact) mass is 288 g/mol. The van der Waals surface area contributed by atoms with E-state index >= 15 is 0 Å². The van der Waals surface area contributed by atoms with Crippen molar-refractivity contribution in [3.05, 3.63) is 64.1 Å². The number of halogens is 1. The van der Waals surface area contributed by atoms with E-state index < -0.39 is 0 Å². The van der Waals surface area contributed by atoms with Crippen LogP contribution in [-0.4, -0.2) is 7.11 Å². The van der Waals surface area contributed by atoms with Crippen molar-refractivity contribution in [2.24, 2.45) is 0 Å². The number of benzene rings is 2. The molecular formula is C15H13BrO. The molecular weight excluding hydrogens is 276 g/mol. The highest BCUT2D eigenvalue weighted by molar-refractivity contribution is 9.10. The fraction of sp³-hybridized carbons (Fsp3) is 0.0667. The van der Waals surface area contributed by atoms with Crippen molar-refractivity contribution in [1.82, 2.24) is 0 Å². The summed E-state index contributed by atoms with van der Waals surface area (Å²) < 4.78 is 6.39. The summed E-state index contributed by atoms with van der Waals surface area (Å²) in [5.74, 6) is 0.885. The van der Waals surface area contributed by atoms with Gasteiger partial charge in [-0.05, 0) is 17.7 Å². The third-order valence-corrected chi connectivity index (χ3v) is 3.21. The van der Waals surface area contributed by atoms with Crippen molar-refractivity contribution in [2.45, 2.75) is 0 Å². The van der Waals surface area contributed by atoms with Gasteiger partial charge in [0.05, 0.1) is 7.11 Å². The quantitative estimate of drug-likeness (QED) is 0.749. The predicted molar refractivity (Wildman–Crippen MR) is 76.1 cm³/mol. The molecule has 1 nitrogen and oxygen atoms in total. The number of para-hydroxylation sites is 1. The van der Waals surface area contributed by atoms with Crippen LogP contribution >= 0.6 is 15.9 Å².